The van der Waals surface area contributed by atoms with Crippen molar-refractivity contribution in [3.8, 4) is 0 Å². The number of allylic oxidation sites excluding steroid dienone is 4. The third-order valence-electron chi connectivity index (χ3n) is 2.40. The maximum atomic E-state index is 11.0. The Morgan fingerprint density at radius 3 is 2.53 bits per heavy atom. The summed E-state index contributed by atoms with van der Waals surface area (Å²) in [7, 11) is 0. The molecule has 1 atom stereocenters. The molecular weight excluding hydrogens is 184 g/mol. The molecule has 0 rings (SSSR count). The predicted molar refractivity (Wildman–Crippen MR) is 66.9 cm³/mol. The van der Waals surface area contributed by atoms with Gasteiger partial charge in [-0.05, 0) is 45.1 Å². The molecular formula is C14H24O. The Labute approximate surface area is 94.3 Å². The van der Waals surface area contributed by atoms with Gasteiger partial charge < -0.3 is 0 Å². The van der Waals surface area contributed by atoms with Crippen molar-refractivity contribution in [2.24, 2.45) is 5.92 Å². The molecule has 86 valence electrons. The lowest BCUT2D eigenvalue weighted by Gasteiger charge is -2.05. The molecule has 0 fully saturated rings. The van der Waals surface area contributed by atoms with E-state index in [1.54, 1.807) is 6.08 Å². The van der Waals surface area contributed by atoms with Gasteiger partial charge in [0.25, 0.3) is 0 Å². The van der Waals surface area contributed by atoms with Crippen LogP contribution in [-0.2, 0) is 4.79 Å². The second-order valence-corrected chi connectivity index (χ2v) is 4.42. The molecule has 0 saturated carbocycles. The number of carbonyl (C=O) groups is 1. The average Bonchev–Trinajstić information content (AvgIpc) is 2.17. The Kier molecular flexibility index (Phi) is 7.98. The molecule has 0 spiro atoms. The van der Waals surface area contributed by atoms with Gasteiger partial charge in [-0.1, -0.05) is 31.6 Å². The van der Waals surface area contributed by atoms with Gasteiger partial charge in [0.1, 0.15) is 0 Å². The summed E-state index contributed by atoms with van der Waals surface area (Å²) >= 11 is 0. The zero-order valence-corrected chi connectivity index (χ0v) is 10.5. The van der Waals surface area contributed by atoms with E-state index >= 15 is 0 Å². The predicted octanol–water partition coefficient (Wildman–Crippen LogP) is 4.29. The third kappa shape index (κ3) is 9.45. The van der Waals surface area contributed by atoms with Crippen LogP contribution >= 0.6 is 0 Å². The molecule has 0 aliphatic heterocycles. The first kappa shape index (κ1) is 14.2. The van der Waals surface area contributed by atoms with Crippen LogP contribution in [0.1, 0.15) is 53.4 Å². The lowest BCUT2D eigenvalue weighted by Crippen LogP contribution is -1.93. The minimum absolute atomic E-state index is 0.228. The second-order valence-electron chi connectivity index (χ2n) is 4.42. The zero-order chi connectivity index (χ0) is 11.7. The van der Waals surface area contributed by atoms with Gasteiger partial charge in [0, 0.05) is 6.42 Å². The van der Waals surface area contributed by atoms with E-state index in [2.05, 4.69) is 26.8 Å². The molecule has 0 aromatic carbocycles. The highest BCUT2D eigenvalue weighted by molar-refractivity contribution is 5.89. The molecule has 0 aromatic heterocycles. The molecule has 0 radical (unpaired) electrons. The van der Waals surface area contributed by atoms with E-state index in [0.717, 1.165) is 12.8 Å². The third-order valence-corrected chi connectivity index (χ3v) is 2.40. The van der Waals surface area contributed by atoms with Crippen molar-refractivity contribution in [2.75, 3.05) is 0 Å². The molecule has 1 nitrogen and oxygen atoms in total. The van der Waals surface area contributed by atoms with Gasteiger partial charge in [0.15, 0.2) is 5.78 Å². The molecule has 15 heavy (non-hydrogen) atoms. The molecule has 1 unspecified atom stereocenters. The zero-order valence-electron chi connectivity index (χ0n) is 10.5. The summed E-state index contributed by atoms with van der Waals surface area (Å²) in [5.74, 6) is 0.896. The van der Waals surface area contributed by atoms with Crippen molar-refractivity contribution in [1.82, 2.24) is 0 Å². The quantitative estimate of drug-likeness (QED) is 0.450. The van der Waals surface area contributed by atoms with Crippen LogP contribution in [0.2, 0.25) is 0 Å². The Morgan fingerprint density at radius 1 is 1.33 bits per heavy atom. The van der Waals surface area contributed by atoms with Crippen molar-refractivity contribution >= 4 is 5.78 Å². The van der Waals surface area contributed by atoms with Gasteiger partial charge in [-0.3, -0.25) is 4.79 Å². The van der Waals surface area contributed by atoms with Crippen LogP contribution in [0.25, 0.3) is 0 Å². The molecule has 0 aliphatic rings. The maximum absolute atomic E-state index is 11.0. The van der Waals surface area contributed by atoms with E-state index in [0.29, 0.717) is 12.3 Å². The normalized spacial score (nSPS) is 12.8. The van der Waals surface area contributed by atoms with Crippen molar-refractivity contribution in [3.63, 3.8) is 0 Å². The van der Waals surface area contributed by atoms with E-state index < -0.39 is 0 Å². The Bertz CT molecular complexity index is 232. The fourth-order valence-corrected chi connectivity index (χ4v) is 1.32. The lowest BCUT2D eigenvalue weighted by molar-refractivity contribution is -0.114. The van der Waals surface area contributed by atoms with Crippen molar-refractivity contribution in [1.29, 1.82) is 0 Å². The summed E-state index contributed by atoms with van der Waals surface area (Å²) in [5.41, 5.74) is 1.39. The van der Waals surface area contributed by atoms with Crippen LogP contribution < -0.4 is 0 Å². The van der Waals surface area contributed by atoms with Crippen LogP contribution in [0.5, 0.6) is 0 Å². The average molecular weight is 208 g/mol. The Balaban J connectivity index is 3.66. The van der Waals surface area contributed by atoms with Crippen molar-refractivity contribution < 1.29 is 4.79 Å². The molecule has 0 amide bonds. The molecule has 0 saturated heterocycles. The van der Waals surface area contributed by atoms with Crippen molar-refractivity contribution in [3.05, 3.63) is 23.8 Å². The van der Waals surface area contributed by atoms with E-state index in [1.807, 2.05) is 13.0 Å². The van der Waals surface area contributed by atoms with Crippen LogP contribution in [0, 0.1) is 5.92 Å². The summed E-state index contributed by atoms with van der Waals surface area (Å²) in [6, 6.07) is 0. The Morgan fingerprint density at radius 2 is 2.00 bits per heavy atom. The molecule has 1 heteroatoms. The van der Waals surface area contributed by atoms with Gasteiger partial charge >= 0.3 is 0 Å². The first-order chi connectivity index (χ1) is 7.06. The minimum atomic E-state index is 0.228. The molecule has 0 aromatic rings. The molecule has 0 aliphatic carbocycles. The maximum Gasteiger partial charge on any atom is 0.155 e. The molecule has 0 heterocycles. The fraction of sp³-hybridized carbons (Fsp3) is 0.643. The van der Waals surface area contributed by atoms with Gasteiger partial charge in [-0.15, -0.1) is 0 Å². The second kappa shape index (κ2) is 8.46. The first-order valence-corrected chi connectivity index (χ1v) is 5.89. The van der Waals surface area contributed by atoms with E-state index in [-0.39, 0.29) is 5.78 Å². The molecule has 0 N–H and O–H groups in total. The largest absolute Gasteiger partial charge is 0.295 e. The number of hydrogen-bond donors (Lipinski definition) is 0. The first-order valence-electron chi connectivity index (χ1n) is 5.89. The van der Waals surface area contributed by atoms with Gasteiger partial charge in [-0.2, -0.15) is 0 Å². The van der Waals surface area contributed by atoms with E-state index in [4.69, 9.17) is 0 Å². The Hall–Kier alpha value is -0.850. The summed E-state index contributed by atoms with van der Waals surface area (Å²) in [4.78, 5) is 11.0. The summed E-state index contributed by atoms with van der Waals surface area (Å²) in [6.45, 7) is 8.39. The number of carbonyl (C=O) groups excluding carboxylic acids is 1. The standard InChI is InChI=1S/C14H24O/c1-5-14(15)11-7-10-13(4)9-6-8-12(2)3/h7-8,11,13H,5-6,9-10H2,1-4H3/b11-7+. The van der Waals surface area contributed by atoms with E-state index in [9.17, 15) is 4.79 Å². The smallest absolute Gasteiger partial charge is 0.155 e. The summed E-state index contributed by atoms with van der Waals surface area (Å²) in [5, 5.41) is 0. The van der Waals surface area contributed by atoms with E-state index in [1.165, 1.54) is 12.0 Å². The monoisotopic (exact) mass is 208 g/mol. The number of ketones is 1. The van der Waals surface area contributed by atoms with Crippen LogP contribution in [0.3, 0.4) is 0 Å². The van der Waals surface area contributed by atoms with Crippen LogP contribution in [-0.4, -0.2) is 5.78 Å². The summed E-state index contributed by atoms with van der Waals surface area (Å²) in [6.07, 6.45) is 9.99. The highest BCUT2D eigenvalue weighted by Crippen LogP contribution is 2.12. The number of rotatable bonds is 7. The summed E-state index contributed by atoms with van der Waals surface area (Å²) < 4.78 is 0. The highest BCUT2D eigenvalue weighted by Gasteiger charge is 1.98. The van der Waals surface area contributed by atoms with Gasteiger partial charge in [-0.25, -0.2) is 0 Å². The topological polar surface area (TPSA) is 17.1 Å². The minimum Gasteiger partial charge on any atom is -0.295 e. The van der Waals surface area contributed by atoms with Gasteiger partial charge in [0.05, 0.1) is 0 Å². The SMILES string of the molecule is CCC(=O)/C=C/CC(C)CCC=C(C)C. The fourth-order valence-electron chi connectivity index (χ4n) is 1.32. The highest BCUT2D eigenvalue weighted by atomic mass is 16.1. The lowest BCUT2D eigenvalue weighted by atomic mass is 10.0. The van der Waals surface area contributed by atoms with Gasteiger partial charge in [0.2, 0.25) is 0 Å². The van der Waals surface area contributed by atoms with Crippen LogP contribution in [0.15, 0.2) is 23.8 Å². The van der Waals surface area contributed by atoms with Crippen LogP contribution in [0.4, 0.5) is 0 Å². The number of hydrogen-bond acceptors (Lipinski definition) is 1. The van der Waals surface area contributed by atoms with Crippen molar-refractivity contribution in [2.45, 2.75) is 53.4 Å². The molecule has 0 bridgehead atoms.